The zero-order valence-corrected chi connectivity index (χ0v) is 22.1. The molecule has 0 radical (unpaired) electrons. The number of nitrogens with one attached hydrogen (secondary N) is 1. The van der Waals surface area contributed by atoms with Crippen LogP contribution in [0.1, 0.15) is 32.8 Å². The summed E-state index contributed by atoms with van der Waals surface area (Å²) in [6.07, 6.45) is 0.786. The second kappa shape index (κ2) is 12.1. The average molecular weight is 499 g/mol. The van der Waals surface area contributed by atoms with Crippen LogP contribution in [0.25, 0.3) is 11.4 Å². The molecule has 0 aliphatic carbocycles. The van der Waals surface area contributed by atoms with Crippen molar-refractivity contribution in [3.05, 3.63) is 48.0 Å². The Kier molecular flexibility index (Phi) is 9.17. The van der Waals surface area contributed by atoms with E-state index in [9.17, 15) is 4.79 Å². The Morgan fingerprint density at radius 2 is 1.71 bits per heavy atom. The minimum atomic E-state index is -0.0994. The Hall–Kier alpha value is -3.04. The highest BCUT2D eigenvalue weighted by molar-refractivity contribution is 7.99. The largest absolute Gasteiger partial charge is 0.493 e. The predicted molar refractivity (Wildman–Crippen MR) is 140 cm³/mol. The van der Waals surface area contributed by atoms with E-state index in [0.717, 1.165) is 17.7 Å². The summed E-state index contributed by atoms with van der Waals surface area (Å²) in [6.45, 7) is 7.75. The van der Waals surface area contributed by atoms with Gasteiger partial charge in [0.1, 0.15) is 0 Å². The number of anilines is 1. The fourth-order valence-electron chi connectivity index (χ4n) is 3.53. The molecule has 9 heteroatoms. The first-order valence-electron chi connectivity index (χ1n) is 11.4. The number of benzene rings is 2. The van der Waals surface area contributed by atoms with Crippen LogP contribution in [0.2, 0.25) is 0 Å². The van der Waals surface area contributed by atoms with E-state index in [0.29, 0.717) is 35.6 Å². The number of hydrogen-bond donors (Lipinski definition) is 1. The van der Waals surface area contributed by atoms with Gasteiger partial charge in [-0.05, 0) is 47.7 Å². The highest BCUT2D eigenvalue weighted by atomic mass is 32.2. The molecule has 8 nitrogen and oxygen atoms in total. The molecule has 0 aliphatic heterocycles. The van der Waals surface area contributed by atoms with Crippen LogP contribution in [0, 0.1) is 0 Å². The van der Waals surface area contributed by atoms with E-state index in [1.807, 2.05) is 47.0 Å². The van der Waals surface area contributed by atoms with Crippen LogP contribution in [0.5, 0.6) is 11.5 Å². The van der Waals surface area contributed by atoms with Crippen molar-refractivity contribution >= 4 is 23.4 Å². The Balaban J connectivity index is 1.74. The lowest BCUT2D eigenvalue weighted by atomic mass is 9.87. The molecule has 0 fully saturated rings. The molecule has 188 valence electrons. The van der Waals surface area contributed by atoms with Crippen molar-refractivity contribution in [1.29, 1.82) is 0 Å². The van der Waals surface area contributed by atoms with Crippen molar-refractivity contribution < 1.29 is 19.0 Å². The zero-order chi connectivity index (χ0) is 25.4. The van der Waals surface area contributed by atoms with Gasteiger partial charge in [-0.1, -0.05) is 44.7 Å². The molecule has 0 unspecified atom stereocenters. The summed E-state index contributed by atoms with van der Waals surface area (Å²) in [5.74, 6) is 2.07. The number of nitrogens with zero attached hydrogens (tertiary/aromatic N) is 3. The maximum atomic E-state index is 12.6. The summed E-state index contributed by atoms with van der Waals surface area (Å²) in [7, 11) is 4.88. The number of ether oxygens (including phenoxy) is 3. The maximum Gasteiger partial charge on any atom is 0.234 e. The molecular formula is C26H34N4O4S. The summed E-state index contributed by atoms with van der Waals surface area (Å²) >= 11 is 1.35. The third-order valence-corrected chi connectivity index (χ3v) is 6.42. The van der Waals surface area contributed by atoms with Crippen LogP contribution in [-0.2, 0) is 21.5 Å². The van der Waals surface area contributed by atoms with Crippen molar-refractivity contribution in [2.24, 2.45) is 0 Å². The van der Waals surface area contributed by atoms with Crippen LogP contribution < -0.4 is 14.8 Å². The molecule has 1 aromatic heterocycles. The van der Waals surface area contributed by atoms with Gasteiger partial charge in [0.05, 0.1) is 20.0 Å². The minimum Gasteiger partial charge on any atom is -0.493 e. The summed E-state index contributed by atoms with van der Waals surface area (Å²) in [5, 5.41) is 12.4. The molecule has 0 bridgehead atoms. The smallest absolute Gasteiger partial charge is 0.234 e. The molecule has 0 spiro atoms. The van der Waals surface area contributed by atoms with Gasteiger partial charge in [-0.25, -0.2) is 0 Å². The van der Waals surface area contributed by atoms with E-state index in [-0.39, 0.29) is 17.1 Å². The van der Waals surface area contributed by atoms with Gasteiger partial charge in [-0.3, -0.25) is 4.79 Å². The van der Waals surface area contributed by atoms with Crippen LogP contribution in [0.15, 0.2) is 47.6 Å². The molecule has 0 saturated carbocycles. The summed E-state index contributed by atoms with van der Waals surface area (Å²) < 4.78 is 18.0. The van der Waals surface area contributed by atoms with E-state index in [2.05, 4.69) is 36.3 Å². The van der Waals surface area contributed by atoms with Gasteiger partial charge in [0.15, 0.2) is 22.5 Å². The lowest BCUT2D eigenvalue weighted by Crippen LogP contribution is -2.15. The van der Waals surface area contributed by atoms with Gasteiger partial charge < -0.3 is 24.1 Å². The first-order chi connectivity index (χ1) is 16.8. The molecule has 0 atom stereocenters. The number of hydrogen-bond acceptors (Lipinski definition) is 7. The summed E-state index contributed by atoms with van der Waals surface area (Å²) in [6, 6.07) is 13.6. The number of methoxy groups -OCH3 is 3. The van der Waals surface area contributed by atoms with E-state index in [1.54, 1.807) is 21.3 Å². The van der Waals surface area contributed by atoms with Gasteiger partial charge in [0, 0.05) is 31.5 Å². The lowest BCUT2D eigenvalue weighted by molar-refractivity contribution is -0.113. The Morgan fingerprint density at radius 3 is 2.34 bits per heavy atom. The van der Waals surface area contributed by atoms with Gasteiger partial charge in [0.2, 0.25) is 5.91 Å². The lowest BCUT2D eigenvalue weighted by Gasteiger charge is -2.19. The molecule has 3 aromatic rings. The molecule has 3 rings (SSSR count). The second-order valence-corrected chi connectivity index (χ2v) is 9.98. The highest BCUT2D eigenvalue weighted by Gasteiger charge is 2.18. The highest BCUT2D eigenvalue weighted by Crippen LogP contribution is 2.33. The van der Waals surface area contributed by atoms with Crippen molar-refractivity contribution in [2.45, 2.75) is 44.3 Å². The SMILES string of the molecule is COCCCn1c(SCC(=O)Nc2ccc(C(C)(C)C)cc2)nnc1-c1ccc(OC)c(OC)c1. The first-order valence-corrected chi connectivity index (χ1v) is 12.4. The van der Waals surface area contributed by atoms with E-state index >= 15 is 0 Å². The van der Waals surface area contributed by atoms with E-state index in [4.69, 9.17) is 14.2 Å². The van der Waals surface area contributed by atoms with E-state index < -0.39 is 0 Å². The Labute approximate surface area is 211 Å². The monoisotopic (exact) mass is 498 g/mol. The van der Waals surface area contributed by atoms with Gasteiger partial charge in [0.25, 0.3) is 0 Å². The number of thioether (sulfide) groups is 1. The molecule has 0 saturated heterocycles. The number of carbonyl (C=O) groups excluding carboxylic acids is 1. The van der Waals surface area contributed by atoms with Crippen molar-refractivity contribution in [1.82, 2.24) is 14.8 Å². The quantitative estimate of drug-likeness (QED) is 0.293. The second-order valence-electron chi connectivity index (χ2n) is 9.04. The third kappa shape index (κ3) is 6.99. The minimum absolute atomic E-state index is 0.0664. The predicted octanol–water partition coefficient (Wildman–Crippen LogP) is 5.03. The van der Waals surface area contributed by atoms with E-state index in [1.165, 1.54) is 17.3 Å². The van der Waals surface area contributed by atoms with Gasteiger partial charge in [-0.2, -0.15) is 0 Å². The molecular weight excluding hydrogens is 464 g/mol. The standard InChI is InChI=1S/C26H34N4O4S/c1-26(2,3)19-9-11-20(12-10-19)27-23(31)17-35-25-29-28-24(30(25)14-7-15-32-4)18-8-13-21(33-5)22(16-18)34-6/h8-13,16H,7,14-15,17H2,1-6H3,(H,27,31). The van der Waals surface area contributed by atoms with Crippen LogP contribution >= 0.6 is 11.8 Å². The number of carbonyl (C=O) groups is 1. The Morgan fingerprint density at radius 1 is 1.00 bits per heavy atom. The fourth-order valence-corrected chi connectivity index (χ4v) is 4.30. The van der Waals surface area contributed by atoms with Crippen molar-refractivity contribution in [3.63, 3.8) is 0 Å². The molecule has 1 N–H and O–H groups in total. The van der Waals surface area contributed by atoms with Crippen LogP contribution in [0.3, 0.4) is 0 Å². The molecule has 35 heavy (non-hydrogen) atoms. The normalized spacial score (nSPS) is 11.4. The first kappa shape index (κ1) is 26.6. The number of aromatic nitrogens is 3. The number of rotatable bonds is 11. The third-order valence-electron chi connectivity index (χ3n) is 5.46. The van der Waals surface area contributed by atoms with Crippen LogP contribution in [-0.4, -0.2) is 54.4 Å². The zero-order valence-electron chi connectivity index (χ0n) is 21.3. The van der Waals surface area contributed by atoms with Gasteiger partial charge in [-0.15, -0.1) is 10.2 Å². The summed E-state index contributed by atoms with van der Waals surface area (Å²) in [4.78, 5) is 12.6. The van der Waals surface area contributed by atoms with Gasteiger partial charge >= 0.3 is 0 Å². The molecule has 2 aromatic carbocycles. The molecule has 1 heterocycles. The average Bonchev–Trinajstić information content (AvgIpc) is 3.25. The fraction of sp³-hybridized carbons (Fsp3) is 0.423. The topological polar surface area (TPSA) is 87.5 Å². The van der Waals surface area contributed by atoms with Crippen molar-refractivity contribution in [3.8, 4) is 22.9 Å². The van der Waals surface area contributed by atoms with Crippen molar-refractivity contribution in [2.75, 3.05) is 39.0 Å². The maximum absolute atomic E-state index is 12.6. The molecule has 0 aliphatic rings. The van der Waals surface area contributed by atoms with Crippen LogP contribution in [0.4, 0.5) is 5.69 Å². The molecule has 1 amide bonds. The Bertz CT molecular complexity index is 1120. The summed E-state index contributed by atoms with van der Waals surface area (Å²) in [5.41, 5.74) is 2.91. The number of amides is 1.